The summed E-state index contributed by atoms with van der Waals surface area (Å²) < 4.78 is 0. The Hall–Kier alpha value is -0.610. The van der Waals surface area contributed by atoms with Crippen LogP contribution in [0.4, 0.5) is 0 Å². The number of fused-ring (bicyclic) bond motifs is 2. The Bertz CT molecular complexity index is 313. The van der Waals surface area contributed by atoms with Crippen LogP contribution in [0.2, 0.25) is 0 Å². The lowest BCUT2D eigenvalue weighted by Gasteiger charge is -2.45. The molecule has 2 unspecified atom stereocenters. The van der Waals surface area contributed by atoms with Crippen molar-refractivity contribution in [2.75, 3.05) is 6.54 Å². The minimum atomic E-state index is 0.0464. The SMILES string of the molecule is NC1CC2CCCC(C1)C2NC(=O)[C@@H]1CCCCN1. The largest absolute Gasteiger partial charge is 0.351 e. The summed E-state index contributed by atoms with van der Waals surface area (Å²) in [5.74, 6) is 1.47. The Kier molecular flexibility index (Phi) is 4.08. The fourth-order valence-electron chi connectivity index (χ4n) is 4.37. The predicted octanol–water partition coefficient (Wildman–Crippen LogP) is 1.15. The minimum absolute atomic E-state index is 0.0464. The van der Waals surface area contributed by atoms with Crippen LogP contribution in [0.25, 0.3) is 0 Å². The summed E-state index contributed by atoms with van der Waals surface area (Å²) in [4.78, 5) is 12.4. The molecular weight excluding hydrogens is 238 g/mol. The van der Waals surface area contributed by atoms with E-state index in [0.29, 0.717) is 23.9 Å². The molecule has 108 valence electrons. The first kappa shape index (κ1) is 13.4. The van der Waals surface area contributed by atoms with Gasteiger partial charge < -0.3 is 16.4 Å². The van der Waals surface area contributed by atoms with Crippen molar-refractivity contribution in [3.8, 4) is 0 Å². The number of carbonyl (C=O) groups excluding carboxylic acids is 1. The summed E-state index contributed by atoms with van der Waals surface area (Å²) in [5.41, 5.74) is 6.14. The van der Waals surface area contributed by atoms with Gasteiger partial charge in [0.05, 0.1) is 6.04 Å². The average molecular weight is 265 g/mol. The second-order valence-corrected chi connectivity index (χ2v) is 6.72. The highest BCUT2D eigenvalue weighted by Gasteiger charge is 2.40. The molecule has 2 saturated carbocycles. The second-order valence-electron chi connectivity index (χ2n) is 6.72. The molecule has 3 fully saturated rings. The van der Waals surface area contributed by atoms with Gasteiger partial charge in [-0.2, -0.15) is 0 Å². The zero-order valence-corrected chi connectivity index (χ0v) is 11.7. The molecule has 1 heterocycles. The van der Waals surface area contributed by atoms with Crippen molar-refractivity contribution in [3.63, 3.8) is 0 Å². The van der Waals surface area contributed by atoms with Gasteiger partial charge in [-0.05, 0) is 56.9 Å². The molecule has 0 aromatic carbocycles. The Labute approximate surface area is 115 Å². The first-order valence-electron chi connectivity index (χ1n) is 8.03. The molecule has 1 saturated heterocycles. The van der Waals surface area contributed by atoms with Gasteiger partial charge in [0.15, 0.2) is 0 Å². The molecule has 4 nitrogen and oxygen atoms in total. The standard InChI is InChI=1S/C15H27N3O/c16-12-8-10-4-3-5-11(9-12)14(10)18-15(19)13-6-1-2-7-17-13/h10-14,17H,1-9,16H2,(H,18,19)/t10?,11?,12?,13-,14?/m0/s1. The van der Waals surface area contributed by atoms with Crippen molar-refractivity contribution in [2.45, 2.75) is 69.5 Å². The van der Waals surface area contributed by atoms with E-state index in [0.717, 1.165) is 25.8 Å². The topological polar surface area (TPSA) is 67.1 Å². The summed E-state index contributed by atoms with van der Waals surface area (Å²) >= 11 is 0. The van der Waals surface area contributed by atoms with Crippen molar-refractivity contribution >= 4 is 5.91 Å². The number of rotatable bonds is 2. The number of hydrogen-bond donors (Lipinski definition) is 3. The molecule has 0 spiro atoms. The summed E-state index contributed by atoms with van der Waals surface area (Å²) in [6.45, 7) is 0.987. The zero-order valence-electron chi connectivity index (χ0n) is 11.7. The monoisotopic (exact) mass is 265 g/mol. The van der Waals surface area contributed by atoms with Gasteiger partial charge in [0, 0.05) is 12.1 Å². The number of piperidine rings is 1. The molecule has 3 atom stereocenters. The van der Waals surface area contributed by atoms with Gasteiger partial charge >= 0.3 is 0 Å². The highest BCUT2D eigenvalue weighted by molar-refractivity contribution is 5.82. The molecule has 0 radical (unpaired) electrons. The molecule has 4 heteroatoms. The van der Waals surface area contributed by atoms with Crippen LogP contribution in [-0.2, 0) is 4.79 Å². The smallest absolute Gasteiger partial charge is 0.237 e. The van der Waals surface area contributed by atoms with Crippen LogP contribution in [0.15, 0.2) is 0 Å². The molecule has 1 aliphatic heterocycles. The van der Waals surface area contributed by atoms with E-state index >= 15 is 0 Å². The van der Waals surface area contributed by atoms with Crippen LogP contribution in [-0.4, -0.2) is 30.6 Å². The molecule has 3 rings (SSSR count). The number of carbonyl (C=O) groups is 1. The van der Waals surface area contributed by atoms with Crippen molar-refractivity contribution < 1.29 is 4.79 Å². The fraction of sp³-hybridized carbons (Fsp3) is 0.933. The molecule has 1 amide bonds. The molecule has 0 aromatic heterocycles. The summed E-state index contributed by atoms with van der Waals surface area (Å²) in [6.07, 6.45) is 9.36. The van der Waals surface area contributed by atoms with Gasteiger partial charge in [-0.3, -0.25) is 4.79 Å². The van der Waals surface area contributed by atoms with Gasteiger partial charge in [-0.15, -0.1) is 0 Å². The van der Waals surface area contributed by atoms with Crippen molar-refractivity contribution in [2.24, 2.45) is 17.6 Å². The highest BCUT2D eigenvalue weighted by atomic mass is 16.2. The Morgan fingerprint density at radius 2 is 1.79 bits per heavy atom. The first-order valence-corrected chi connectivity index (χ1v) is 8.03. The van der Waals surface area contributed by atoms with Crippen molar-refractivity contribution in [1.29, 1.82) is 0 Å². The van der Waals surface area contributed by atoms with Crippen LogP contribution >= 0.6 is 0 Å². The highest BCUT2D eigenvalue weighted by Crippen LogP contribution is 2.39. The Balaban J connectivity index is 1.60. The van der Waals surface area contributed by atoms with Crippen molar-refractivity contribution in [3.05, 3.63) is 0 Å². The molecule has 0 aromatic rings. The lowest BCUT2D eigenvalue weighted by atomic mass is 9.67. The Morgan fingerprint density at radius 1 is 1.05 bits per heavy atom. The fourth-order valence-corrected chi connectivity index (χ4v) is 4.37. The molecule has 2 bridgehead atoms. The molecule has 3 aliphatic rings. The summed E-state index contributed by atoms with van der Waals surface area (Å²) in [6, 6.07) is 0.797. The van der Waals surface area contributed by atoms with Crippen LogP contribution < -0.4 is 16.4 Å². The summed E-state index contributed by atoms with van der Waals surface area (Å²) in [7, 11) is 0. The van der Waals surface area contributed by atoms with Gasteiger partial charge in [0.25, 0.3) is 0 Å². The van der Waals surface area contributed by atoms with Gasteiger partial charge in [-0.25, -0.2) is 0 Å². The van der Waals surface area contributed by atoms with E-state index in [9.17, 15) is 4.79 Å². The third kappa shape index (κ3) is 2.95. The van der Waals surface area contributed by atoms with E-state index < -0.39 is 0 Å². The first-order chi connectivity index (χ1) is 9.24. The third-order valence-electron chi connectivity index (χ3n) is 5.31. The predicted molar refractivity (Wildman–Crippen MR) is 75.6 cm³/mol. The van der Waals surface area contributed by atoms with Crippen LogP contribution in [0, 0.1) is 11.8 Å². The van der Waals surface area contributed by atoms with E-state index in [4.69, 9.17) is 5.73 Å². The zero-order chi connectivity index (χ0) is 13.2. The number of nitrogens with two attached hydrogens (primary N) is 1. The average Bonchev–Trinajstić information content (AvgIpc) is 2.41. The van der Waals surface area contributed by atoms with Gasteiger partial charge in [0.2, 0.25) is 5.91 Å². The van der Waals surface area contributed by atoms with E-state index in [1.807, 2.05) is 0 Å². The molecule has 2 aliphatic carbocycles. The maximum Gasteiger partial charge on any atom is 0.237 e. The van der Waals surface area contributed by atoms with E-state index in [-0.39, 0.29) is 11.9 Å². The normalized spacial score (nSPS) is 42.7. The van der Waals surface area contributed by atoms with Gasteiger partial charge in [0.1, 0.15) is 0 Å². The maximum atomic E-state index is 12.4. The number of nitrogens with one attached hydrogen (secondary N) is 2. The lowest BCUT2D eigenvalue weighted by Crippen LogP contribution is -2.57. The molecular formula is C15H27N3O. The van der Waals surface area contributed by atoms with Crippen LogP contribution in [0.5, 0.6) is 0 Å². The third-order valence-corrected chi connectivity index (χ3v) is 5.31. The Morgan fingerprint density at radius 3 is 2.42 bits per heavy atom. The van der Waals surface area contributed by atoms with E-state index in [1.54, 1.807) is 0 Å². The van der Waals surface area contributed by atoms with E-state index in [1.165, 1.54) is 32.1 Å². The lowest BCUT2D eigenvalue weighted by molar-refractivity contribution is -0.126. The van der Waals surface area contributed by atoms with Gasteiger partial charge in [-0.1, -0.05) is 12.8 Å². The minimum Gasteiger partial charge on any atom is -0.351 e. The van der Waals surface area contributed by atoms with E-state index in [2.05, 4.69) is 10.6 Å². The second kappa shape index (κ2) is 5.80. The van der Waals surface area contributed by atoms with Crippen LogP contribution in [0.3, 0.4) is 0 Å². The molecule has 19 heavy (non-hydrogen) atoms. The maximum absolute atomic E-state index is 12.4. The van der Waals surface area contributed by atoms with Crippen molar-refractivity contribution in [1.82, 2.24) is 10.6 Å². The number of amides is 1. The molecule has 4 N–H and O–H groups in total. The van der Waals surface area contributed by atoms with Crippen LogP contribution in [0.1, 0.15) is 51.4 Å². The summed E-state index contributed by atoms with van der Waals surface area (Å²) in [5, 5.41) is 6.70. The number of hydrogen-bond acceptors (Lipinski definition) is 3. The quantitative estimate of drug-likeness (QED) is 0.701.